The molecule has 1 unspecified atom stereocenters. The van der Waals surface area contributed by atoms with Gasteiger partial charge in [0.25, 0.3) is 0 Å². The highest BCUT2D eigenvalue weighted by Crippen LogP contribution is 2.58. The molecule has 2 heterocycles. The summed E-state index contributed by atoms with van der Waals surface area (Å²) in [6.45, 7) is 6.64. The van der Waals surface area contributed by atoms with Gasteiger partial charge >= 0.3 is 12.3 Å². The van der Waals surface area contributed by atoms with E-state index in [1.54, 1.807) is 11.0 Å². The quantitative estimate of drug-likeness (QED) is 0.699. The van der Waals surface area contributed by atoms with E-state index in [9.17, 15) is 18.0 Å². The van der Waals surface area contributed by atoms with Crippen LogP contribution in [0.4, 0.5) is 18.0 Å². The second-order valence-electron chi connectivity index (χ2n) is 8.37. The normalized spacial score (nSPS) is 22.8. The highest BCUT2D eigenvalue weighted by atomic mass is 19.4. The number of carbonyl (C=O) groups is 1. The van der Waals surface area contributed by atoms with Crippen molar-refractivity contribution in [1.29, 1.82) is 0 Å². The van der Waals surface area contributed by atoms with Crippen molar-refractivity contribution in [3.8, 4) is 0 Å². The van der Waals surface area contributed by atoms with Crippen molar-refractivity contribution in [2.24, 2.45) is 5.41 Å². The van der Waals surface area contributed by atoms with Crippen molar-refractivity contribution in [3.05, 3.63) is 29.6 Å². The van der Waals surface area contributed by atoms with E-state index in [1.165, 1.54) is 6.07 Å². The Kier molecular flexibility index (Phi) is 4.69. The van der Waals surface area contributed by atoms with E-state index in [0.717, 1.165) is 31.7 Å². The average molecular weight is 370 g/mol. The zero-order valence-electron chi connectivity index (χ0n) is 15.4. The van der Waals surface area contributed by atoms with Crippen LogP contribution in [0.5, 0.6) is 0 Å². The van der Waals surface area contributed by atoms with Crippen LogP contribution in [0.3, 0.4) is 0 Å². The van der Waals surface area contributed by atoms with Gasteiger partial charge in [0.05, 0.1) is 0 Å². The number of pyridine rings is 1. The smallest absolute Gasteiger partial charge is 0.433 e. The summed E-state index contributed by atoms with van der Waals surface area (Å²) in [5.74, 6) is 0.0330. The summed E-state index contributed by atoms with van der Waals surface area (Å²) in [6.07, 6.45) is -1.38. The summed E-state index contributed by atoms with van der Waals surface area (Å²) in [5.41, 5.74) is -0.886. The van der Waals surface area contributed by atoms with Gasteiger partial charge in [0, 0.05) is 24.7 Å². The third kappa shape index (κ3) is 3.81. The third-order valence-corrected chi connectivity index (χ3v) is 5.50. The Morgan fingerprint density at radius 1 is 1.19 bits per heavy atom. The lowest BCUT2D eigenvalue weighted by molar-refractivity contribution is -0.141. The molecule has 2 fully saturated rings. The molecule has 144 valence electrons. The zero-order valence-corrected chi connectivity index (χ0v) is 15.4. The standard InChI is InChI=1S/C19H25F3N2O2/c1-17(2,3)26-16(25)24-11-9-18(10-12-24)8-7-13(18)14-5-4-6-15(23-14)19(20,21)22/h4-6,13H,7-12H2,1-3H3. The van der Waals surface area contributed by atoms with Crippen molar-refractivity contribution in [1.82, 2.24) is 9.88 Å². The lowest BCUT2D eigenvalue weighted by atomic mass is 9.54. The van der Waals surface area contributed by atoms with Gasteiger partial charge in [-0.05, 0) is 64.0 Å². The van der Waals surface area contributed by atoms with Crippen LogP contribution in [0.25, 0.3) is 0 Å². The van der Waals surface area contributed by atoms with Crippen molar-refractivity contribution in [2.75, 3.05) is 13.1 Å². The molecule has 26 heavy (non-hydrogen) atoms. The summed E-state index contributed by atoms with van der Waals surface area (Å²) in [5, 5.41) is 0. The second-order valence-corrected chi connectivity index (χ2v) is 8.37. The molecule has 0 radical (unpaired) electrons. The Labute approximate surface area is 151 Å². The van der Waals surface area contributed by atoms with Crippen LogP contribution in [-0.2, 0) is 10.9 Å². The number of amides is 1. The van der Waals surface area contributed by atoms with E-state index >= 15 is 0 Å². The van der Waals surface area contributed by atoms with E-state index < -0.39 is 17.5 Å². The summed E-state index contributed by atoms with van der Waals surface area (Å²) >= 11 is 0. The van der Waals surface area contributed by atoms with Crippen LogP contribution in [0.1, 0.15) is 63.8 Å². The number of hydrogen-bond acceptors (Lipinski definition) is 3. The van der Waals surface area contributed by atoms with Crippen molar-refractivity contribution < 1.29 is 22.7 Å². The summed E-state index contributed by atoms with van der Waals surface area (Å²) in [6, 6.07) is 4.15. The Morgan fingerprint density at radius 2 is 1.85 bits per heavy atom. The van der Waals surface area contributed by atoms with Gasteiger partial charge in [-0.25, -0.2) is 9.78 Å². The van der Waals surface area contributed by atoms with Gasteiger partial charge in [-0.3, -0.25) is 0 Å². The van der Waals surface area contributed by atoms with E-state index in [-0.39, 0.29) is 17.4 Å². The molecular formula is C19H25F3N2O2. The molecule has 2 aliphatic rings. The fourth-order valence-corrected chi connectivity index (χ4v) is 4.02. The number of halogens is 3. The fraction of sp³-hybridized carbons (Fsp3) is 0.684. The van der Waals surface area contributed by atoms with Gasteiger partial charge in [-0.15, -0.1) is 0 Å². The number of nitrogens with zero attached hydrogens (tertiary/aromatic N) is 2. The first-order chi connectivity index (χ1) is 12.0. The molecule has 1 aliphatic heterocycles. The number of likely N-dealkylation sites (tertiary alicyclic amines) is 1. The van der Waals surface area contributed by atoms with Crippen LogP contribution >= 0.6 is 0 Å². The number of piperidine rings is 1. The maximum atomic E-state index is 12.9. The van der Waals surface area contributed by atoms with E-state index in [0.29, 0.717) is 18.8 Å². The fourth-order valence-electron chi connectivity index (χ4n) is 4.02. The Hall–Kier alpha value is -1.79. The van der Waals surface area contributed by atoms with Crippen LogP contribution in [0.15, 0.2) is 18.2 Å². The predicted octanol–water partition coefficient (Wildman–Crippen LogP) is 5.00. The molecule has 3 rings (SSSR count). The summed E-state index contributed by atoms with van der Waals surface area (Å²) < 4.78 is 44.2. The summed E-state index contributed by atoms with van der Waals surface area (Å²) in [7, 11) is 0. The average Bonchev–Trinajstić information content (AvgIpc) is 2.52. The van der Waals surface area contributed by atoms with Gasteiger partial charge in [-0.1, -0.05) is 6.07 Å². The van der Waals surface area contributed by atoms with Crippen LogP contribution in [0.2, 0.25) is 0 Å². The Balaban J connectivity index is 1.67. The van der Waals surface area contributed by atoms with Crippen LogP contribution in [0, 0.1) is 5.41 Å². The van der Waals surface area contributed by atoms with Crippen molar-refractivity contribution >= 4 is 6.09 Å². The zero-order chi connectivity index (χ0) is 19.2. The van der Waals surface area contributed by atoms with Gasteiger partial charge in [0.2, 0.25) is 0 Å². The maximum Gasteiger partial charge on any atom is 0.433 e. The molecule has 0 N–H and O–H groups in total. The lowest BCUT2D eigenvalue weighted by Gasteiger charge is -2.53. The number of hydrogen-bond donors (Lipinski definition) is 0. The highest BCUT2D eigenvalue weighted by molar-refractivity contribution is 5.68. The van der Waals surface area contributed by atoms with Crippen molar-refractivity contribution in [3.63, 3.8) is 0 Å². The second kappa shape index (κ2) is 6.43. The third-order valence-electron chi connectivity index (χ3n) is 5.50. The molecule has 1 saturated carbocycles. The van der Waals surface area contributed by atoms with Gasteiger partial charge < -0.3 is 9.64 Å². The molecule has 1 aromatic rings. The Morgan fingerprint density at radius 3 is 2.35 bits per heavy atom. The molecule has 1 aliphatic carbocycles. The van der Waals surface area contributed by atoms with Crippen LogP contribution in [-0.4, -0.2) is 34.7 Å². The first-order valence-corrected chi connectivity index (χ1v) is 9.02. The summed E-state index contributed by atoms with van der Waals surface area (Å²) in [4.78, 5) is 17.8. The maximum absolute atomic E-state index is 12.9. The number of carbonyl (C=O) groups excluding carboxylic acids is 1. The predicted molar refractivity (Wildman–Crippen MR) is 90.7 cm³/mol. The van der Waals surface area contributed by atoms with E-state index in [1.807, 2.05) is 20.8 Å². The number of aromatic nitrogens is 1. The monoisotopic (exact) mass is 370 g/mol. The molecule has 0 bridgehead atoms. The molecule has 1 spiro atoms. The SMILES string of the molecule is CC(C)(C)OC(=O)N1CCC2(CCC2c2cccc(C(F)(F)F)n2)CC1. The van der Waals surface area contributed by atoms with Gasteiger partial charge in [0.1, 0.15) is 11.3 Å². The molecule has 0 aromatic carbocycles. The van der Waals surface area contributed by atoms with Crippen LogP contribution < -0.4 is 0 Å². The molecule has 1 saturated heterocycles. The molecule has 1 atom stereocenters. The lowest BCUT2D eigenvalue weighted by Crippen LogP contribution is -2.50. The van der Waals surface area contributed by atoms with E-state index in [4.69, 9.17) is 4.74 Å². The molecule has 1 amide bonds. The number of alkyl halides is 3. The first kappa shape index (κ1) is 19.0. The number of rotatable bonds is 1. The Bertz CT molecular complexity index is 674. The van der Waals surface area contributed by atoms with E-state index in [2.05, 4.69) is 4.98 Å². The first-order valence-electron chi connectivity index (χ1n) is 9.02. The van der Waals surface area contributed by atoms with Crippen molar-refractivity contribution in [2.45, 2.75) is 64.1 Å². The number of ether oxygens (including phenoxy) is 1. The molecular weight excluding hydrogens is 345 g/mol. The molecule has 1 aromatic heterocycles. The molecule has 4 nitrogen and oxygen atoms in total. The molecule has 7 heteroatoms. The minimum absolute atomic E-state index is 0.0330. The minimum atomic E-state index is -4.42. The van der Waals surface area contributed by atoms with Gasteiger partial charge in [0.15, 0.2) is 0 Å². The van der Waals surface area contributed by atoms with Gasteiger partial charge in [-0.2, -0.15) is 13.2 Å². The minimum Gasteiger partial charge on any atom is -0.444 e. The topological polar surface area (TPSA) is 42.4 Å². The largest absolute Gasteiger partial charge is 0.444 e. The highest BCUT2D eigenvalue weighted by Gasteiger charge is 2.50.